The van der Waals surface area contributed by atoms with Crippen LogP contribution in [0.25, 0.3) is 0 Å². The molecule has 1 unspecified atom stereocenters. The number of rotatable bonds is 5. The SMILES string of the molecule is COCC1CCCCN1Cc1cccc(SC)c1. The summed E-state index contributed by atoms with van der Waals surface area (Å²) in [5.41, 5.74) is 1.42. The van der Waals surface area contributed by atoms with Gasteiger partial charge in [-0.3, -0.25) is 4.90 Å². The summed E-state index contributed by atoms with van der Waals surface area (Å²) in [6, 6.07) is 9.48. The van der Waals surface area contributed by atoms with Crippen LogP contribution in [0.1, 0.15) is 24.8 Å². The topological polar surface area (TPSA) is 12.5 Å². The van der Waals surface area contributed by atoms with Crippen LogP contribution in [0.5, 0.6) is 0 Å². The number of nitrogens with zero attached hydrogens (tertiary/aromatic N) is 1. The van der Waals surface area contributed by atoms with Crippen molar-refractivity contribution in [3.05, 3.63) is 29.8 Å². The molecule has 0 aliphatic carbocycles. The number of piperidine rings is 1. The average molecular weight is 265 g/mol. The molecule has 100 valence electrons. The van der Waals surface area contributed by atoms with Gasteiger partial charge in [0.1, 0.15) is 0 Å². The minimum absolute atomic E-state index is 0.599. The van der Waals surface area contributed by atoms with Gasteiger partial charge in [0.25, 0.3) is 0 Å². The van der Waals surface area contributed by atoms with Gasteiger partial charge >= 0.3 is 0 Å². The number of hydrogen-bond acceptors (Lipinski definition) is 3. The molecule has 2 nitrogen and oxygen atoms in total. The quantitative estimate of drug-likeness (QED) is 0.757. The van der Waals surface area contributed by atoms with Gasteiger partial charge in [0.05, 0.1) is 6.61 Å². The van der Waals surface area contributed by atoms with E-state index in [4.69, 9.17) is 4.74 Å². The highest BCUT2D eigenvalue weighted by atomic mass is 32.2. The molecule has 0 saturated carbocycles. The summed E-state index contributed by atoms with van der Waals surface area (Å²) in [5.74, 6) is 0. The van der Waals surface area contributed by atoms with Gasteiger partial charge in [0.2, 0.25) is 0 Å². The number of ether oxygens (including phenoxy) is 1. The lowest BCUT2D eigenvalue weighted by molar-refractivity contribution is 0.0600. The lowest BCUT2D eigenvalue weighted by atomic mass is 10.0. The second-order valence-corrected chi connectivity index (χ2v) is 5.81. The van der Waals surface area contributed by atoms with Crippen molar-refractivity contribution in [2.45, 2.75) is 36.7 Å². The van der Waals surface area contributed by atoms with Crippen molar-refractivity contribution >= 4 is 11.8 Å². The van der Waals surface area contributed by atoms with E-state index in [2.05, 4.69) is 35.4 Å². The van der Waals surface area contributed by atoms with Crippen LogP contribution in [0.2, 0.25) is 0 Å². The van der Waals surface area contributed by atoms with Gasteiger partial charge in [-0.05, 0) is 43.3 Å². The Morgan fingerprint density at radius 3 is 3.06 bits per heavy atom. The molecule has 1 aliphatic rings. The van der Waals surface area contributed by atoms with Crippen molar-refractivity contribution in [2.75, 3.05) is 26.5 Å². The van der Waals surface area contributed by atoms with Crippen LogP contribution in [0.4, 0.5) is 0 Å². The second-order valence-electron chi connectivity index (χ2n) is 4.93. The van der Waals surface area contributed by atoms with Crippen molar-refractivity contribution in [1.82, 2.24) is 4.90 Å². The molecule has 0 spiro atoms. The molecular formula is C15H23NOS. The Morgan fingerprint density at radius 1 is 1.39 bits per heavy atom. The third-order valence-corrected chi connectivity index (χ3v) is 4.35. The summed E-state index contributed by atoms with van der Waals surface area (Å²) in [6.07, 6.45) is 6.07. The molecule has 0 aromatic heterocycles. The van der Waals surface area contributed by atoms with Gasteiger partial charge in [-0.1, -0.05) is 18.6 Å². The van der Waals surface area contributed by atoms with E-state index in [0.717, 1.165) is 13.2 Å². The van der Waals surface area contributed by atoms with Crippen LogP contribution in [0.3, 0.4) is 0 Å². The van der Waals surface area contributed by atoms with Crippen molar-refractivity contribution < 1.29 is 4.74 Å². The summed E-state index contributed by atoms with van der Waals surface area (Å²) in [4.78, 5) is 3.93. The smallest absolute Gasteiger partial charge is 0.0618 e. The van der Waals surface area contributed by atoms with Crippen LogP contribution < -0.4 is 0 Å². The fraction of sp³-hybridized carbons (Fsp3) is 0.600. The van der Waals surface area contributed by atoms with Crippen LogP contribution in [-0.2, 0) is 11.3 Å². The standard InChI is InChI=1S/C15H23NOS/c1-17-12-14-7-3-4-9-16(14)11-13-6-5-8-15(10-13)18-2/h5-6,8,10,14H,3-4,7,9,11-12H2,1-2H3. The Bertz CT molecular complexity index is 367. The molecule has 1 aliphatic heterocycles. The summed E-state index contributed by atoms with van der Waals surface area (Å²) >= 11 is 1.81. The molecule has 1 atom stereocenters. The van der Waals surface area contributed by atoms with E-state index >= 15 is 0 Å². The van der Waals surface area contributed by atoms with E-state index < -0.39 is 0 Å². The Hall–Kier alpha value is -0.510. The van der Waals surface area contributed by atoms with E-state index in [1.54, 1.807) is 7.11 Å². The number of benzene rings is 1. The first-order chi connectivity index (χ1) is 8.83. The van der Waals surface area contributed by atoms with E-state index in [9.17, 15) is 0 Å². The van der Waals surface area contributed by atoms with Gasteiger partial charge in [-0.15, -0.1) is 11.8 Å². The lowest BCUT2D eigenvalue weighted by Gasteiger charge is -2.35. The van der Waals surface area contributed by atoms with Gasteiger partial charge in [-0.2, -0.15) is 0 Å². The fourth-order valence-corrected chi connectivity index (χ4v) is 3.14. The monoisotopic (exact) mass is 265 g/mol. The number of thioether (sulfide) groups is 1. The lowest BCUT2D eigenvalue weighted by Crippen LogP contribution is -2.41. The maximum absolute atomic E-state index is 5.35. The van der Waals surface area contributed by atoms with Gasteiger partial charge in [0.15, 0.2) is 0 Å². The minimum atomic E-state index is 0.599. The first kappa shape index (κ1) is 13.9. The molecular weight excluding hydrogens is 242 g/mol. The van der Waals surface area contributed by atoms with Gasteiger partial charge in [0, 0.05) is 24.6 Å². The first-order valence-electron chi connectivity index (χ1n) is 6.69. The Balaban J connectivity index is 2.01. The van der Waals surface area contributed by atoms with Crippen molar-refractivity contribution in [3.63, 3.8) is 0 Å². The van der Waals surface area contributed by atoms with Crippen LogP contribution >= 0.6 is 11.8 Å². The third kappa shape index (κ3) is 3.74. The second kappa shape index (κ2) is 7.17. The minimum Gasteiger partial charge on any atom is -0.383 e. The molecule has 1 aromatic carbocycles. The van der Waals surface area contributed by atoms with E-state index in [-0.39, 0.29) is 0 Å². The zero-order chi connectivity index (χ0) is 12.8. The highest BCUT2D eigenvalue weighted by molar-refractivity contribution is 7.98. The highest BCUT2D eigenvalue weighted by Crippen LogP contribution is 2.22. The van der Waals surface area contributed by atoms with Crippen LogP contribution in [0, 0.1) is 0 Å². The summed E-state index contributed by atoms with van der Waals surface area (Å²) in [5, 5.41) is 0. The van der Waals surface area contributed by atoms with E-state index in [1.165, 1.54) is 36.3 Å². The fourth-order valence-electron chi connectivity index (χ4n) is 2.65. The molecule has 0 radical (unpaired) electrons. The average Bonchev–Trinajstić information content (AvgIpc) is 2.41. The van der Waals surface area contributed by atoms with Crippen LogP contribution in [0.15, 0.2) is 29.2 Å². The molecule has 0 bridgehead atoms. The van der Waals surface area contributed by atoms with Crippen molar-refractivity contribution in [3.8, 4) is 0 Å². The predicted octanol–water partition coefficient (Wildman–Crippen LogP) is 3.41. The number of methoxy groups -OCH3 is 1. The molecule has 1 aromatic rings. The normalized spacial score (nSPS) is 21.1. The molecule has 0 N–H and O–H groups in total. The Morgan fingerprint density at radius 2 is 2.28 bits per heavy atom. The molecule has 1 heterocycles. The van der Waals surface area contributed by atoms with E-state index in [0.29, 0.717) is 6.04 Å². The van der Waals surface area contributed by atoms with E-state index in [1.807, 2.05) is 11.8 Å². The molecule has 1 saturated heterocycles. The molecule has 18 heavy (non-hydrogen) atoms. The zero-order valence-corrected chi connectivity index (χ0v) is 12.2. The summed E-state index contributed by atoms with van der Waals surface area (Å²) < 4.78 is 5.35. The largest absolute Gasteiger partial charge is 0.383 e. The van der Waals surface area contributed by atoms with Crippen molar-refractivity contribution in [1.29, 1.82) is 0 Å². The zero-order valence-electron chi connectivity index (χ0n) is 11.4. The molecule has 0 amide bonds. The summed E-state index contributed by atoms with van der Waals surface area (Å²) in [7, 11) is 1.81. The maximum Gasteiger partial charge on any atom is 0.0618 e. The van der Waals surface area contributed by atoms with Crippen LogP contribution in [-0.4, -0.2) is 37.5 Å². The first-order valence-corrected chi connectivity index (χ1v) is 7.92. The number of likely N-dealkylation sites (tertiary alicyclic amines) is 1. The summed E-state index contributed by atoms with van der Waals surface area (Å²) in [6.45, 7) is 3.13. The third-order valence-electron chi connectivity index (χ3n) is 3.63. The molecule has 3 heteroatoms. The molecule has 2 rings (SSSR count). The van der Waals surface area contributed by atoms with Gasteiger partial charge < -0.3 is 4.74 Å². The van der Waals surface area contributed by atoms with Gasteiger partial charge in [-0.25, -0.2) is 0 Å². The predicted molar refractivity (Wildman–Crippen MR) is 78.1 cm³/mol. The maximum atomic E-state index is 5.35. The Kier molecular flexibility index (Phi) is 5.54. The molecule has 1 fully saturated rings. The number of hydrogen-bond donors (Lipinski definition) is 0. The van der Waals surface area contributed by atoms with Crippen molar-refractivity contribution in [2.24, 2.45) is 0 Å². The highest BCUT2D eigenvalue weighted by Gasteiger charge is 2.22. The Labute approximate surface area is 115 Å².